The maximum Gasteiger partial charge on any atom is 0.229 e. The van der Waals surface area contributed by atoms with Crippen LogP contribution >= 0.6 is 27.5 Å². The maximum absolute atomic E-state index is 11.8. The van der Waals surface area contributed by atoms with E-state index in [0.29, 0.717) is 17.3 Å². The molecule has 1 heterocycles. The Labute approximate surface area is 118 Å². The molecule has 0 saturated heterocycles. The lowest BCUT2D eigenvalue weighted by molar-refractivity contribution is -0.115. The molecule has 0 bridgehead atoms. The molecule has 0 aliphatic rings. The van der Waals surface area contributed by atoms with Crippen molar-refractivity contribution in [3.63, 3.8) is 0 Å². The van der Waals surface area contributed by atoms with Gasteiger partial charge in [0.2, 0.25) is 5.91 Å². The van der Waals surface area contributed by atoms with Gasteiger partial charge >= 0.3 is 0 Å². The van der Waals surface area contributed by atoms with E-state index in [4.69, 9.17) is 11.6 Å². The third-order valence-corrected chi connectivity index (χ3v) is 2.99. The molecule has 1 aromatic carbocycles. The second-order valence-corrected chi connectivity index (χ2v) is 5.07. The summed E-state index contributed by atoms with van der Waals surface area (Å²) in [6.07, 6.45) is 1.94. The van der Waals surface area contributed by atoms with Gasteiger partial charge in [-0.25, -0.2) is 4.98 Å². The highest BCUT2D eigenvalue weighted by atomic mass is 79.9. The van der Waals surface area contributed by atoms with Crippen LogP contribution in [0.15, 0.2) is 47.1 Å². The van der Waals surface area contributed by atoms with E-state index in [0.717, 1.165) is 10.0 Å². The van der Waals surface area contributed by atoms with Gasteiger partial charge in [0.15, 0.2) is 0 Å². The van der Waals surface area contributed by atoms with Gasteiger partial charge in [0.05, 0.1) is 6.42 Å². The second-order valence-electron chi connectivity index (χ2n) is 3.71. The number of nitrogens with zero attached hydrogens (tertiary/aromatic N) is 1. The zero-order chi connectivity index (χ0) is 13.0. The van der Waals surface area contributed by atoms with Crippen LogP contribution in [0.5, 0.6) is 0 Å². The first kappa shape index (κ1) is 13.1. The van der Waals surface area contributed by atoms with Gasteiger partial charge in [-0.3, -0.25) is 4.79 Å². The zero-order valence-electron chi connectivity index (χ0n) is 9.36. The van der Waals surface area contributed by atoms with Gasteiger partial charge in [-0.15, -0.1) is 0 Å². The van der Waals surface area contributed by atoms with Crippen LogP contribution in [0, 0.1) is 0 Å². The predicted octanol–water partition coefficient (Wildman–Crippen LogP) is 3.68. The van der Waals surface area contributed by atoms with E-state index < -0.39 is 0 Å². The van der Waals surface area contributed by atoms with E-state index in [1.54, 1.807) is 24.4 Å². The molecule has 2 aromatic rings. The molecule has 0 saturated carbocycles. The highest BCUT2D eigenvalue weighted by Gasteiger charge is 2.04. The zero-order valence-corrected chi connectivity index (χ0v) is 11.7. The Morgan fingerprint density at radius 1 is 1.22 bits per heavy atom. The molecule has 0 aliphatic carbocycles. The van der Waals surface area contributed by atoms with Crippen molar-refractivity contribution in [2.24, 2.45) is 0 Å². The quantitative estimate of drug-likeness (QED) is 0.935. The minimum atomic E-state index is -0.104. The molecule has 92 valence electrons. The molecule has 0 radical (unpaired) electrons. The molecule has 0 unspecified atom stereocenters. The summed E-state index contributed by atoms with van der Waals surface area (Å²) in [6.45, 7) is 0. The number of amides is 1. The fraction of sp³-hybridized carbons (Fsp3) is 0.0769. The fourth-order valence-electron chi connectivity index (χ4n) is 1.42. The maximum atomic E-state index is 11.8. The van der Waals surface area contributed by atoms with Gasteiger partial charge in [0.1, 0.15) is 5.82 Å². The van der Waals surface area contributed by atoms with Crippen molar-refractivity contribution in [3.8, 4) is 0 Å². The summed E-state index contributed by atoms with van der Waals surface area (Å²) in [4.78, 5) is 15.8. The number of rotatable bonds is 3. The Balaban J connectivity index is 1.96. The number of carbonyl (C=O) groups is 1. The average molecular weight is 326 g/mol. The van der Waals surface area contributed by atoms with Crippen LogP contribution in [0.2, 0.25) is 5.02 Å². The number of aromatic nitrogens is 1. The number of anilines is 1. The summed E-state index contributed by atoms with van der Waals surface area (Å²) in [5.74, 6) is 0.435. The number of hydrogen-bond acceptors (Lipinski definition) is 2. The van der Waals surface area contributed by atoms with Gasteiger partial charge in [0.25, 0.3) is 0 Å². The van der Waals surface area contributed by atoms with E-state index in [-0.39, 0.29) is 5.91 Å². The highest BCUT2D eigenvalue weighted by molar-refractivity contribution is 9.10. The third kappa shape index (κ3) is 3.82. The van der Waals surface area contributed by atoms with Gasteiger partial charge < -0.3 is 5.32 Å². The topological polar surface area (TPSA) is 42.0 Å². The highest BCUT2D eigenvalue weighted by Crippen LogP contribution is 2.12. The summed E-state index contributed by atoms with van der Waals surface area (Å²) in [6, 6.07) is 10.8. The normalized spacial score (nSPS) is 10.1. The molecule has 18 heavy (non-hydrogen) atoms. The van der Waals surface area contributed by atoms with Crippen LogP contribution < -0.4 is 5.32 Å². The van der Waals surface area contributed by atoms with E-state index in [1.165, 1.54) is 0 Å². The molecular weight excluding hydrogens is 316 g/mol. The summed E-state index contributed by atoms with van der Waals surface area (Å²) in [7, 11) is 0. The molecule has 0 fully saturated rings. The Bertz CT molecular complexity index is 490. The Kier molecular flexibility index (Phi) is 4.33. The average Bonchev–Trinajstić information content (AvgIpc) is 2.35. The van der Waals surface area contributed by atoms with Gasteiger partial charge in [-0.2, -0.15) is 0 Å². The molecule has 3 nitrogen and oxygen atoms in total. The summed E-state index contributed by atoms with van der Waals surface area (Å²) in [5, 5.41) is 3.39. The number of pyridine rings is 1. The molecule has 0 atom stereocenters. The van der Waals surface area contributed by atoms with Crippen molar-refractivity contribution in [2.45, 2.75) is 6.42 Å². The van der Waals surface area contributed by atoms with E-state index in [1.807, 2.05) is 18.2 Å². The van der Waals surface area contributed by atoms with Crippen molar-refractivity contribution >= 4 is 39.3 Å². The summed E-state index contributed by atoms with van der Waals surface area (Å²) >= 11 is 9.06. The van der Waals surface area contributed by atoms with E-state index in [2.05, 4.69) is 26.2 Å². The van der Waals surface area contributed by atoms with Crippen LogP contribution in [0.4, 0.5) is 5.82 Å². The number of hydrogen-bond donors (Lipinski definition) is 1. The van der Waals surface area contributed by atoms with Crippen molar-refractivity contribution in [1.29, 1.82) is 0 Å². The van der Waals surface area contributed by atoms with E-state index in [9.17, 15) is 4.79 Å². The number of nitrogens with one attached hydrogen (secondary N) is 1. The number of carbonyl (C=O) groups excluding carboxylic acids is 1. The van der Waals surface area contributed by atoms with Crippen LogP contribution in [0.25, 0.3) is 0 Å². The van der Waals surface area contributed by atoms with Crippen molar-refractivity contribution < 1.29 is 4.79 Å². The molecule has 2 rings (SSSR count). The third-order valence-electron chi connectivity index (χ3n) is 2.27. The lowest BCUT2D eigenvalue weighted by atomic mass is 10.1. The Morgan fingerprint density at radius 3 is 2.56 bits per heavy atom. The number of halogens is 2. The largest absolute Gasteiger partial charge is 0.310 e. The molecule has 0 aliphatic heterocycles. The van der Waals surface area contributed by atoms with Gasteiger partial charge in [-0.1, -0.05) is 23.7 Å². The van der Waals surface area contributed by atoms with Crippen LogP contribution in [-0.2, 0) is 11.2 Å². The Morgan fingerprint density at radius 2 is 1.94 bits per heavy atom. The smallest absolute Gasteiger partial charge is 0.229 e. The molecule has 0 spiro atoms. The minimum absolute atomic E-state index is 0.104. The van der Waals surface area contributed by atoms with Gasteiger partial charge in [-0.05, 0) is 45.8 Å². The van der Waals surface area contributed by atoms with Gasteiger partial charge in [0, 0.05) is 15.7 Å². The monoisotopic (exact) mass is 324 g/mol. The van der Waals surface area contributed by atoms with Crippen molar-refractivity contribution in [3.05, 3.63) is 57.7 Å². The first-order valence-corrected chi connectivity index (χ1v) is 6.46. The first-order valence-electron chi connectivity index (χ1n) is 5.29. The molecule has 5 heteroatoms. The number of benzene rings is 1. The fourth-order valence-corrected chi connectivity index (χ4v) is 1.78. The lowest BCUT2D eigenvalue weighted by Gasteiger charge is -2.04. The first-order chi connectivity index (χ1) is 8.63. The Hall–Kier alpha value is -1.39. The minimum Gasteiger partial charge on any atom is -0.310 e. The van der Waals surface area contributed by atoms with Crippen LogP contribution in [-0.4, -0.2) is 10.9 Å². The molecular formula is C13H10BrClN2O. The standard InChI is InChI=1S/C13H10BrClN2O/c14-10-3-6-12(16-8-10)17-13(18)7-9-1-4-11(15)5-2-9/h1-6,8H,7H2,(H,16,17,18). The molecule has 1 aromatic heterocycles. The summed E-state index contributed by atoms with van der Waals surface area (Å²) < 4.78 is 0.873. The summed E-state index contributed by atoms with van der Waals surface area (Å²) in [5.41, 5.74) is 0.911. The van der Waals surface area contributed by atoms with Crippen LogP contribution in [0.1, 0.15) is 5.56 Å². The van der Waals surface area contributed by atoms with Crippen molar-refractivity contribution in [2.75, 3.05) is 5.32 Å². The van der Waals surface area contributed by atoms with E-state index >= 15 is 0 Å². The molecule has 1 amide bonds. The van der Waals surface area contributed by atoms with Crippen LogP contribution in [0.3, 0.4) is 0 Å². The molecule has 1 N–H and O–H groups in total. The second kappa shape index (κ2) is 5.98. The lowest BCUT2D eigenvalue weighted by Crippen LogP contribution is -2.15. The predicted molar refractivity (Wildman–Crippen MR) is 75.7 cm³/mol. The SMILES string of the molecule is O=C(Cc1ccc(Cl)cc1)Nc1ccc(Br)cn1. The van der Waals surface area contributed by atoms with Crippen molar-refractivity contribution in [1.82, 2.24) is 4.98 Å².